The van der Waals surface area contributed by atoms with Crippen LogP contribution in [0.4, 0.5) is 0 Å². The van der Waals surface area contributed by atoms with Crippen molar-refractivity contribution >= 4 is 5.91 Å². The summed E-state index contributed by atoms with van der Waals surface area (Å²) in [6, 6.07) is 19.2. The first-order valence-electron chi connectivity index (χ1n) is 9.91. The van der Waals surface area contributed by atoms with Crippen LogP contribution in [0.5, 0.6) is 0 Å². The summed E-state index contributed by atoms with van der Waals surface area (Å²) in [6.07, 6.45) is 1.91. The van der Waals surface area contributed by atoms with Crippen LogP contribution >= 0.6 is 0 Å². The Hall–Kier alpha value is -2.21. The van der Waals surface area contributed by atoms with Gasteiger partial charge in [0.1, 0.15) is 5.54 Å². The second-order valence-electron chi connectivity index (χ2n) is 8.48. The van der Waals surface area contributed by atoms with Crippen LogP contribution in [-0.4, -0.2) is 40.2 Å². The zero-order valence-corrected chi connectivity index (χ0v) is 17.0. The van der Waals surface area contributed by atoms with Crippen molar-refractivity contribution in [3.05, 3.63) is 60.2 Å². The summed E-state index contributed by atoms with van der Waals surface area (Å²) in [5, 5.41) is 9.23. The minimum atomic E-state index is -0.968. The Morgan fingerprint density at radius 3 is 2.04 bits per heavy atom. The molecule has 1 aliphatic heterocycles. The highest BCUT2D eigenvalue weighted by molar-refractivity contribution is 5.86. The average molecular weight is 382 g/mol. The van der Waals surface area contributed by atoms with Gasteiger partial charge in [-0.2, -0.15) is 0 Å². The first-order valence-corrected chi connectivity index (χ1v) is 9.91. The maximum absolute atomic E-state index is 12.4. The molecule has 1 aliphatic rings. The fraction of sp³-hybridized carbons (Fsp3) is 0.435. The normalized spacial score (nSPS) is 18.5. The Labute approximate surface area is 167 Å². The van der Waals surface area contributed by atoms with Crippen LogP contribution in [0.1, 0.15) is 45.1 Å². The molecule has 1 saturated heterocycles. The third kappa shape index (κ3) is 3.83. The molecule has 3 rings (SSSR count). The molecule has 150 valence electrons. The van der Waals surface area contributed by atoms with E-state index in [1.165, 1.54) is 16.7 Å². The van der Waals surface area contributed by atoms with Gasteiger partial charge >= 0.3 is 0 Å². The monoisotopic (exact) mass is 381 g/mol. The van der Waals surface area contributed by atoms with Crippen molar-refractivity contribution in [3.63, 3.8) is 0 Å². The predicted octanol–water partition coefficient (Wildman–Crippen LogP) is 3.53. The Kier molecular flexibility index (Phi) is 5.89. The van der Waals surface area contributed by atoms with Crippen LogP contribution in [0.25, 0.3) is 11.1 Å². The summed E-state index contributed by atoms with van der Waals surface area (Å²) in [4.78, 5) is 14.5. The van der Waals surface area contributed by atoms with Crippen molar-refractivity contribution in [2.45, 2.75) is 50.6 Å². The molecule has 1 atom stereocenters. The molecule has 2 aromatic rings. The smallest absolute Gasteiger partial charge is 0.265 e. The highest BCUT2D eigenvalue weighted by Gasteiger charge is 2.50. The van der Waals surface area contributed by atoms with E-state index in [0.29, 0.717) is 5.92 Å². The molecule has 5 heteroatoms. The molecule has 1 amide bonds. The molecule has 1 unspecified atom stereocenters. The van der Waals surface area contributed by atoms with Crippen LogP contribution in [0.15, 0.2) is 54.6 Å². The van der Waals surface area contributed by atoms with Crippen LogP contribution < -0.4 is 11.2 Å². The van der Waals surface area contributed by atoms with Crippen molar-refractivity contribution in [3.8, 4) is 11.1 Å². The first-order chi connectivity index (χ1) is 13.3. The molecule has 0 aliphatic carbocycles. The maximum Gasteiger partial charge on any atom is 0.265 e. The Morgan fingerprint density at radius 2 is 1.54 bits per heavy atom. The van der Waals surface area contributed by atoms with E-state index < -0.39 is 17.0 Å². The molecule has 0 radical (unpaired) electrons. The molecule has 2 aromatic carbocycles. The van der Waals surface area contributed by atoms with Crippen molar-refractivity contribution in [2.24, 2.45) is 5.73 Å². The Morgan fingerprint density at radius 1 is 1.00 bits per heavy atom. The number of likely N-dealkylation sites (tertiary alicyclic amines) is 1. The number of carbonyl (C=O) groups is 1. The molecule has 0 spiro atoms. The van der Waals surface area contributed by atoms with Gasteiger partial charge in [-0.15, -0.1) is 0 Å². The van der Waals surface area contributed by atoms with Crippen LogP contribution in [0.2, 0.25) is 0 Å². The average Bonchev–Trinajstić information content (AvgIpc) is 2.72. The standard InChI is InChI=1S/C23H31N3O2/c1-22(2,24)23(3,21(27)25-28)26-15-13-20(14-16-26)19-11-9-18(10-12-19)17-7-5-4-6-8-17/h4-12,20,28H,13-16,24H2,1-3H3,(H,25,27). The van der Waals surface area contributed by atoms with E-state index in [4.69, 9.17) is 5.73 Å². The van der Waals surface area contributed by atoms with E-state index in [9.17, 15) is 10.0 Å². The zero-order chi connectivity index (χ0) is 20.4. The maximum atomic E-state index is 12.4. The minimum absolute atomic E-state index is 0.453. The molecule has 0 aromatic heterocycles. The lowest BCUT2D eigenvalue weighted by molar-refractivity contribution is -0.146. The van der Waals surface area contributed by atoms with Gasteiger partial charge in [-0.1, -0.05) is 54.6 Å². The van der Waals surface area contributed by atoms with Crippen molar-refractivity contribution < 1.29 is 10.0 Å². The fourth-order valence-electron chi connectivity index (χ4n) is 4.19. The number of amides is 1. The van der Waals surface area contributed by atoms with E-state index in [1.54, 1.807) is 0 Å². The lowest BCUT2D eigenvalue weighted by Crippen LogP contribution is -2.71. The lowest BCUT2D eigenvalue weighted by Gasteiger charge is -2.50. The number of benzene rings is 2. The van der Waals surface area contributed by atoms with Crippen molar-refractivity contribution in [1.82, 2.24) is 10.4 Å². The second kappa shape index (κ2) is 8.03. The largest absolute Gasteiger partial charge is 0.324 e. The number of hydroxylamine groups is 1. The Bertz CT molecular complexity index is 791. The highest BCUT2D eigenvalue weighted by atomic mass is 16.5. The number of nitrogens with one attached hydrogen (secondary N) is 1. The second-order valence-corrected chi connectivity index (χ2v) is 8.48. The van der Waals surface area contributed by atoms with Gasteiger partial charge in [-0.25, -0.2) is 5.48 Å². The van der Waals surface area contributed by atoms with Gasteiger partial charge in [0.15, 0.2) is 0 Å². The van der Waals surface area contributed by atoms with Crippen LogP contribution in [0.3, 0.4) is 0 Å². The van der Waals surface area contributed by atoms with Gasteiger partial charge in [0.2, 0.25) is 0 Å². The summed E-state index contributed by atoms with van der Waals surface area (Å²) in [5.74, 6) is 0.00839. The van der Waals surface area contributed by atoms with E-state index in [0.717, 1.165) is 25.9 Å². The third-order valence-electron chi connectivity index (χ3n) is 6.41. The number of nitrogens with two attached hydrogens (primary N) is 1. The molecule has 1 heterocycles. The zero-order valence-electron chi connectivity index (χ0n) is 17.0. The predicted molar refractivity (Wildman–Crippen MR) is 112 cm³/mol. The van der Waals surface area contributed by atoms with Gasteiger partial charge in [0.25, 0.3) is 5.91 Å². The summed E-state index contributed by atoms with van der Waals surface area (Å²) in [6.45, 7) is 6.99. The van der Waals surface area contributed by atoms with Gasteiger partial charge in [-0.3, -0.25) is 14.9 Å². The first kappa shape index (κ1) is 20.5. The molecule has 0 bridgehead atoms. The van der Waals surface area contributed by atoms with Gasteiger partial charge in [0, 0.05) is 5.54 Å². The molecule has 5 nitrogen and oxygen atoms in total. The van der Waals surface area contributed by atoms with E-state index in [2.05, 4.69) is 53.4 Å². The third-order valence-corrected chi connectivity index (χ3v) is 6.41. The van der Waals surface area contributed by atoms with Gasteiger partial charge in [-0.05, 0) is 69.3 Å². The number of carbonyl (C=O) groups excluding carboxylic acids is 1. The summed E-state index contributed by atoms with van der Waals surface area (Å²) in [7, 11) is 0. The minimum Gasteiger partial charge on any atom is -0.324 e. The number of hydrogen-bond acceptors (Lipinski definition) is 4. The molecular formula is C23H31N3O2. The summed E-state index contributed by atoms with van der Waals surface area (Å²) < 4.78 is 0. The topological polar surface area (TPSA) is 78.6 Å². The Balaban J connectivity index is 1.70. The number of nitrogens with zero attached hydrogens (tertiary/aromatic N) is 1. The number of piperidine rings is 1. The van der Waals surface area contributed by atoms with Crippen molar-refractivity contribution in [1.29, 1.82) is 0 Å². The van der Waals surface area contributed by atoms with Gasteiger partial charge in [0.05, 0.1) is 0 Å². The molecular weight excluding hydrogens is 350 g/mol. The van der Waals surface area contributed by atoms with Crippen LogP contribution in [0, 0.1) is 0 Å². The SMILES string of the molecule is CC(C)(N)C(C)(C(=O)NO)N1CCC(c2ccc(-c3ccccc3)cc2)CC1. The highest BCUT2D eigenvalue weighted by Crippen LogP contribution is 2.35. The van der Waals surface area contributed by atoms with Crippen molar-refractivity contribution in [2.75, 3.05) is 13.1 Å². The summed E-state index contributed by atoms with van der Waals surface area (Å²) in [5.41, 5.74) is 10.2. The molecule has 1 fully saturated rings. The number of rotatable bonds is 5. The van der Waals surface area contributed by atoms with E-state index >= 15 is 0 Å². The number of hydrogen-bond donors (Lipinski definition) is 3. The molecule has 0 saturated carbocycles. The fourth-order valence-corrected chi connectivity index (χ4v) is 4.19. The van der Waals surface area contributed by atoms with Gasteiger partial charge < -0.3 is 5.73 Å². The lowest BCUT2D eigenvalue weighted by atomic mass is 9.77. The summed E-state index contributed by atoms with van der Waals surface area (Å²) >= 11 is 0. The van der Waals surface area contributed by atoms with E-state index in [-0.39, 0.29) is 0 Å². The molecule has 4 N–H and O–H groups in total. The van der Waals surface area contributed by atoms with Crippen LogP contribution in [-0.2, 0) is 4.79 Å². The molecule has 28 heavy (non-hydrogen) atoms. The quantitative estimate of drug-likeness (QED) is 0.547. The van der Waals surface area contributed by atoms with E-state index in [1.807, 2.05) is 32.3 Å².